The third kappa shape index (κ3) is 4.63. The van der Waals surface area contributed by atoms with Gasteiger partial charge < -0.3 is 9.64 Å². The molecule has 0 unspecified atom stereocenters. The van der Waals surface area contributed by atoms with E-state index in [9.17, 15) is 9.59 Å². The highest BCUT2D eigenvalue weighted by molar-refractivity contribution is 7.98. The van der Waals surface area contributed by atoms with Crippen LogP contribution in [0.1, 0.15) is 28.8 Å². The van der Waals surface area contributed by atoms with E-state index >= 15 is 0 Å². The van der Waals surface area contributed by atoms with Gasteiger partial charge in [0.1, 0.15) is 17.0 Å². The Morgan fingerprint density at radius 3 is 2.40 bits per heavy atom. The SMILES string of the molecule is COc1ccc(CS[C@@H]2[C@@H](C(=O)NNC(=O)c3ccccc3)C3CC[NH+]2CC3)cc1. The van der Waals surface area contributed by atoms with E-state index in [1.807, 2.05) is 30.0 Å². The Kier molecular flexibility index (Phi) is 6.59. The van der Waals surface area contributed by atoms with Gasteiger partial charge in [0.2, 0.25) is 5.91 Å². The molecule has 2 atom stereocenters. The smallest absolute Gasteiger partial charge is 0.269 e. The van der Waals surface area contributed by atoms with Crippen LogP contribution < -0.4 is 20.5 Å². The van der Waals surface area contributed by atoms with Crippen LogP contribution in [-0.4, -0.2) is 37.4 Å². The molecule has 30 heavy (non-hydrogen) atoms. The second-order valence-electron chi connectivity index (χ2n) is 7.91. The number of hydrazine groups is 1. The Hall–Kier alpha value is -2.51. The van der Waals surface area contributed by atoms with Gasteiger partial charge in [0.25, 0.3) is 5.91 Å². The van der Waals surface area contributed by atoms with Crippen LogP contribution in [0.4, 0.5) is 0 Å². The molecule has 0 saturated carbocycles. The maximum Gasteiger partial charge on any atom is 0.269 e. The highest BCUT2D eigenvalue weighted by atomic mass is 32.2. The fourth-order valence-electron chi connectivity index (χ4n) is 4.50. The number of quaternary nitrogens is 1. The van der Waals surface area contributed by atoms with Gasteiger partial charge in [-0.3, -0.25) is 20.4 Å². The molecule has 3 saturated heterocycles. The predicted molar refractivity (Wildman–Crippen MR) is 117 cm³/mol. The third-order valence-electron chi connectivity index (χ3n) is 6.14. The number of rotatable bonds is 6. The van der Waals surface area contributed by atoms with Gasteiger partial charge in [-0.25, -0.2) is 0 Å². The van der Waals surface area contributed by atoms with Gasteiger partial charge in [-0.1, -0.05) is 42.1 Å². The number of methoxy groups -OCH3 is 1. The van der Waals surface area contributed by atoms with Gasteiger partial charge in [0, 0.05) is 24.2 Å². The summed E-state index contributed by atoms with van der Waals surface area (Å²) in [4.78, 5) is 26.8. The molecule has 7 heteroatoms. The van der Waals surface area contributed by atoms with E-state index in [2.05, 4.69) is 23.0 Å². The molecule has 0 aromatic heterocycles. The van der Waals surface area contributed by atoms with E-state index in [4.69, 9.17) is 4.74 Å². The number of hydrogen-bond donors (Lipinski definition) is 3. The Labute approximate surface area is 181 Å². The highest BCUT2D eigenvalue weighted by Crippen LogP contribution is 2.34. The van der Waals surface area contributed by atoms with Crippen LogP contribution in [0.15, 0.2) is 54.6 Å². The van der Waals surface area contributed by atoms with Crippen LogP contribution in [-0.2, 0) is 10.5 Å². The average Bonchev–Trinajstić information content (AvgIpc) is 2.82. The minimum Gasteiger partial charge on any atom is -0.497 e. The van der Waals surface area contributed by atoms with E-state index in [0.29, 0.717) is 11.5 Å². The number of fused-ring (bicyclic) bond motifs is 3. The molecule has 2 amide bonds. The summed E-state index contributed by atoms with van der Waals surface area (Å²) in [5.74, 6) is 1.62. The van der Waals surface area contributed by atoms with Crippen molar-refractivity contribution in [3.8, 4) is 5.75 Å². The van der Waals surface area contributed by atoms with Crippen LogP contribution in [0.3, 0.4) is 0 Å². The van der Waals surface area contributed by atoms with Crippen molar-refractivity contribution in [2.75, 3.05) is 20.2 Å². The van der Waals surface area contributed by atoms with Crippen LogP contribution >= 0.6 is 11.8 Å². The van der Waals surface area contributed by atoms with Crippen molar-refractivity contribution in [1.29, 1.82) is 0 Å². The normalized spacial score (nSPS) is 24.8. The molecular weight excluding hydrogens is 398 g/mol. The minimum absolute atomic E-state index is 0.0755. The van der Waals surface area contributed by atoms with Gasteiger partial charge in [0.15, 0.2) is 0 Å². The number of amides is 2. The van der Waals surface area contributed by atoms with Gasteiger partial charge in [0.05, 0.1) is 20.2 Å². The zero-order valence-corrected chi connectivity index (χ0v) is 17.9. The van der Waals surface area contributed by atoms with E-state index in [1.54, 1.807) is 31.4 Å². The maximum absolute atomic E-state index is 13.1. The molecule has 3 fully saturated rings. The maximum atomic E-state index is 13.1. The highest BCUT2D eigenvalue weighted by Gasteiger charge is 2.49. The average molecular weight is 427 g/mol. The Bertz CT molecular complexity index is 867. The monoisotopic (exact) mass is 426 g/mol. The number of ether oxygens (including phenoxy) is 1. The number of carbonyl (C=O) groups excluding carboxylic acids is 2. The Morgan fingerprint density at radius 2 is 1.73 bits per heavy atom. The van der Waals surface area contributed by atoms with Gasteiger partial charge in [-0.2, -0.15) is 0 Å². The van der Waals surface area contributed by atoms with E-state index in [0.717, 1.165) is 37.4 Å². The molecular formula is C23H28N3O3S+. The summed E-state index contributed by atoms with van der Waals surface area (Å²) in [6, 6.07) is 17.0. The Morgan fingerprint density at radius 1 is 1.03 bits per heavy atom. The summed E-state index contributed by atoms with van der Waals surface area (Å²) < 4.78 is 5.23. The van der Waals surface area contributed by atoms with Crippen LogP contribution in [0, 0.1) is 11.8 Å². The minimum atomic E-state index is -0.292. The lowest BCUT2D eigenvalue weighted by atomic mass is 9.78. The van der Waals surface area contributed by atoms with Crippen molar-refractivity contribution in [2.45, 2.75) is 24.0 Å². The molecule has 3 aliphatic heterocycles. The van der Waals surface area contributed by atoms with Crippen LogP contribution in [0.25, 0.3) is 0 Å². The second-order valence-corrected chi connectivity index (χ2v) is 9.04. The lowest BCUT2D eigenvalue weighted by molar-refractivity contribution is -0.930. The van der Waals surface area contributed by atoms with Gasteiger partial charge >= 0.3 is 0 Å². The first kappa shape index (κ1) is 20.8. The lowest BCUT2D eigenvalue weighted by Crippen LogP contribution is -3.19. The number of hydrogen-bond acceptors (Lipinski definition) is 4. The fraction of sp³-hybridized carbons (Fsp3) is 0.391. The molecule has 5 rings (SSSR count). The summed E-state index contributed by atoms with van der Waals surface area (Å²) in [6.07, 6.45) is 2.14. The molecule has 2 bridgehead atoms. The number of piperidine rings is 3. The largest absolute Gasteiger partial charge is 0.497 e. The predicted octanol–water partition coefficient (Wildman–Crippen LogP) is 1.64. The van der Waals surface area contributed by atoms with Gasteiger partial charge in [-0.05, 0) is 35.7 Å². The van der Waals surface area contributed by atoms with Crippen LogP contribution in [0.2, 0.25) is 0 Å². The van der Waals surface area contributed by atoms with Crippen molar-refractivity contribution in [2.24, 2.45) is 11.8 Å². The number of benzene rings is 2. The van der Waals surface area contributed by atoms with E-state index in [-0.39, 0.29) is 23.1 Å². The second kappa shape index (κ2) is 9.53. The Balaban J connectivity index is 1.39. The zero-order valence-electron chi connectivity index (χ0n) is 17.1. The van der Waals surface area contributed by atoms with Gasteiger partial charge in [-0.15, -0.1) is 0 Å². The first-order valence-electron chi connectivity index (χ1n) is 10.4. The van der Waals surface area contributed by atoms with E-state index < -0.39 is 0 Å². The molecule has 3 N–H and O–H groups in total. The topological polar surface area (TPSA) is 71.9 Å². The summed E-state index contributed by atoms with van der Waals surface area (Å²) in [6.45, 7) is 2.23. The van der Waals surface area contributed by atoms with Crippen molar-refractivity contribution in [3.05, 3.63) is 65.7 Å². The standard InChI is InChI=1S/C23H27N3O3S/c1-29-19-9-7-16(8-10-19)15-30-23-20(17-11-13-26(23)14-12-17)22(28)25-24-21(27)18-5-3-2-4-6-18/h2-10,17,20,23H,11-15H2,1H3,(H,24,27)(H,25,28)/p+1/t20-,23-/m1/s1. The number of thioether (sulfide) groups is 1. The summed E-state index contributed by atoms with van der Waals surface area (Å²) in [7, 11) is 1.67. The molecule has 158 valence electrons. The number of carbonyl (C=O) groups is 2. The molecule has 2 aromatic carbocycles. The molecule has 6 nitrogen and oxygen atoms in total. The van der Waals surface area contributed by atoms with Crippen molar-refractivity contribution >= 4 is 23.6 Å². The van der Waals surface area contributed by atoms with Crippen LogP contribution in [0.5, 0.6) is 5.75 Å². The van der Waals surface area contributed by atoms with Crippen molar-refractivity contribution in [1.82, 2.24) is 10.9 Å². The molecule has 3 aliphatic rings. The lowest BCUT2D eigenvalue weighted by Gasteiger charge is -2.46. The molecule has 0 spiro atoms. The first-order valence-corrected chi connectivity index (χ1v) is 11.4. The molecule has 3 heterocycles. The van der Waals surface area contributed by atoms with E-state index in [1.165, 1.54) is 10.5 Å². The summed E-state index contributed by atoms with van der Waals surface area (Å²) in [5.41, 5.74) is 7.04. The van der Waals surface area contributed by atoms with Crippen molar-refractivity contribution < 1.29 is 19.2 Å². The number of nitrogens with one attached hydrogen (secondary N) is 3. The first-order chi connectivity index (χ1) is 14.7. The summed E-state index contributed by atoms with van der Waals surface area (Å²) >= 11 is 1.84. The summed E-state index contributed by atoms with van der Waals surface area (Å²) in [5, 5.41) is 0.202. The zero-order chi connectivity index (χ0) is 20.9. The molecule has 0 aliphatic carbocycles. The van der Waals surface area contributed by atoms with Crippen molar-refractivity contribution in [3.63, 3.8) is 0 Å². The quantitative estimate of drug-likeness (QED) is 0.614. The molecule has 2 aromatic rings. The third-order valence-corrected chi connectivity index (χ3v) is 7.62. The molecule has 0 radical (unpaired) electrons. The fourth-order valence-corrected chi connectivity index (χ4v) is 6.09.